The summed E-state index contributed by atoms with van der Waals surface area (Å²) in [6.45, 7) is 1.84. The number of ether oxygens (including phenoxy) is 5. The van der Waals surface area contributed by atoms with Crippen molar-refractivity contribution in [2.24, 2.45) is 0 Å². The summed E-state index contributed by atoms with van der Waals surface area (Å²) in [4.78, 5) is 0. The van der Waals surface area contributed by atoms with Crippen molar-refractivity contribution >= 4 is 0 Å². The summed E-state index contributed by atoms with van der Waals surface area (Å²) < 4.78 is 33.2. The molecule has 0 aliphatic carbocycles. The molecule has 0 aromatic heterocycles. The normalized spacial score (nSPS) is 20.9. The average molecular weight is 646 g/mol. The van der Waals surface area contributed by atoms with Crippen LogP contribution < -0.4 is 0 Å². The highest BCUT2D eigenvalue weighted by Gasteiger charge is 2.50. The minimum Gasteiger partial charge on any atom is -0.374 e. The maximum Gasteiger partial charge on any atom is 0.162 e. The maximum absolute atomic E-state index is 11.7. The fourth-order valence-electron chi connectivity index (χ4n) is 5.87. The van der Waals surface area contributed by atoms with E-state index >= 15 is 0 Å². The molecule has 5 aromatic rings. The van der Waals surface area contributed by atoms with Gasteiger partial charge in [0.15, 0.2) is 6.23 Å². The van der Waals surface area contributed by atoms with Crippen molar-refractivity contribution < 1.29 is 28.9 Å². The lowest BCUT2D eigenvalue weighted by molar-refractivity contribution is -0.344. The summed E-state index contributed by atoms with van der Waals surface area (Å²) in [5, 5.41) is 12.9. The van der Waals surface area contributed by atoms with Gasteiger partial charge in [-0.25, -0.2) is 0 Å². The largest absolute Gasteiger partial charge is 0.374 e. The van der Waals surface area contributed by atoms with Crippen LogP contribution in [0.4, 0.5) is 0 Å². The molecule has 1 fully saturated rings. The summed E-state index contributed by atoms with van der Waals surface area (Å²) in [6.07, 6.45) is -3.37. The predicted molar refractivity (Wildman–Crippen MR) is 184 cm³/mol. The lowest BCUT2D eigenvalue weighted by atomic mass is 9.96. The zero-order valence-corrected chi connectivity index (χ0v) is 27.0. The van der Waals surface area contributed by atoms with Crippen LogP contribution in [0.15, 0.2) is 152 Å². The molecule has 5 aromatic carbocycles. The van der Waals surface area contributed by atoms with Crippen LogP contribution in [0.25, 0.3) is 0 Å². The molecule has 1 heterocycles. The molecular formula is C41H43NO6. The van der Waals surface area contributed by atoms with E-state index in [0.29, 0.717) is 26.4 Å². The SMILES string of the molecule is ON(Cc1ccccc1)C1O[C@H](COCc2ccccc2)[C@H](OCc2ccccc2)[C@H](OCc2ccccc2)[C@H]1OCc1ccccc1. The van der Waals surface area contributed by atoms with Crippen LogP contribution >= 0.6 is 0 Å². The number of nitrogens with zero attached hydrogens (tertiary/aromatic N) is 1. The highest BCUT2D eigenvalue weighted by Crippen LogP contribution is 2.32. The molecule has 7 nitrogen and oxygen atoms in total. The minimum absolute atomic E-state index is 0.223. The van der Waals surface area contributed by atoms with Crippen molar-refractivity contribution in [2.45, 2.75) is 63.6 Å². The molecule has 1 N–H and O–H groups in total. The van der Waals surface area contributed by atoms with Crippen molar-refractivity contribution in [2.75, 3.05) is 6.61 Å². The van der Waals surface area contributed by atoms with Gasteiger partial charge < -0.3 is 28.9 Å². The van der Waals surface area contributed by atoms with Crippen LogP contribution in [-0.2, 0) is 56.7 Å². The summed E-state index contributed by atoms with van der Waals surface area (Å²) in [6, 6.07) is 49.9. The highest BCUT2D eigenvalue weighted by atomic mass is 16.7. The Morgan fingerprint density at radius 2 is 0.833 bits per heavy atom. The Kier molecular flexibility index (Phi) is 12.5. The minimum atomic E-state index is -0.878. The molecule has 0 amide bonds. The monoisotopic (exact) mass is 645 g/mol. The van der Waals surface area contributed by atoms with Gasteiger partial charge in [0.05, 0.1) is 39.6 Å². The summed E-state index contributed by atoms with van der Waals surface area (Å²) in [5.41, 5.74) is 5.04. The van der Waals surface area contributed by atoms with Crippen molar-refractivity contribution in [3.8, 4) is 0 Å². The molecular weight excluding hydrogens is 602 g/mol. The third kappa shape index (κ3) is 9.69. The molecule has 6 rings (SSSR count). The van der Waals surface area contributed by atoms with Gasteiger partial charge in [-0.3, -0.25) is 0 Å². The first-order valence-electron chi connectivity index (χ1n) is 16.5. The van der Waals surface area contributed by atoms with E-state index in [1.54, 1.807) is 0 Å². The highest BCUT2D eigenvalue weighted by molar-refractivity contribution is 5.17. The number of rotatable bonds is 16. The van der Waals surface area contributed by atoms with Crippen LogP contribution in [0.2, 0.25) is 0 Å². The fourth-order valence-corrected chi connectivity index (χ4v) is 5.87. The van der Waals surface area contributed by atoms with Gasteiger partial charge in [-0.05, 0) is 27.8 Å². The van der Waals surface area contributed by atoms with Gasteiger partial charge in [0.2, 0.25) is 0 Å². The van der Waals surface area contributed by atoms with Gasteiger partial charge >= 0.3 is 0 Å². The standard InChI is InChI=1S/C41H43NO6/c43-42(26-32-16-6-1-7-17-32)41-40(47-30-36-24-14-5-15-25-36)39(46-29-35-22-12-4-13-23-35)38(45-28-34-20-10-3-11-21-34)37(48-41)31-44-27-33-18-8-2-9-19-33/h1-25,37-41,43H,26-31H2/t37-,38+,39+,40-,41?/m1/s1. The zero-order chi connectivity index (χ0) is 32.8. The molecule has 1 aliphatic rings. The van der Waals surface area contributed by atoms with Gasteiger partial charge in [-0.2, -0.15) is 5.06 Å². The number of hydrogen-bond donors (Lipinski definition) is 1. The number of hydroxylamine groups is 2. The van der Waals surface area contributed by atoms with Crippen LogP contribution in [0.5, 0.6) is 0 Å². The molecule has 0 radical (unpaired) electrons. The Balaban J connectivity index is 1.32. The van der Waals surface area contributed by atoms with Gasteiger partial charge in [0, 0.05) is 0 Å². The predicted octanol–water partition coefficient (Wildman–Crippen LogP) is 7.58. The van der Waals surface area contributed by atoms with Gasteiger partial charge in [0.1, 0.15) is 24.4 Å². The van der Waals surface area contributed by atoms with E-state index in [4.69, 9.17) is 23.7 Å². The lowest BCUT2D eigenvalue weighted by Crippen LogP contribution is -2.64. The Morgan fingerprint density at radius 3 is 1.29 bits per heavy atom. The first kappa shape index (κ1) is 33.7. The van der Waals surface area contributed by atoms with Crippen molar-refractivity contribution in [3.05, 3.63) is 179 Å². The molecule has 7 heteroatoms. The molecule has 5 atom stereocenters. The van der Waals surface area contributed by atoms with E-state index in [-0.39, 0.29) is 13.2 Å². The van der Waals surface area contributed by atoms with Gasteiger partial charge in [-0.1, -0.05) is 152 Å². The third-order valence-electron chi connectivity index (χ3n) is 8.34. The second-order valence-electron chi connectivity index (χ2n) is 11.9. The van der Waals surface area contributed by atoms with E-state index in [9.17, 15) is 5.21 Å². The Hall–Kier alpha value is -4.18. The molecule has 48 heavy (non-hydrogen) atoms. The second kappa shape index (κ2) is 17.8. The topological polar surface area (TPSA) is 69.6 Å². The Morgan fingerprint density at radius 1 is 0.458 bits per heavy atom. The van der Waals surface area contributed by atoms with E-state index < -0.39 is 30.6 Å². The van der Waals surface area contributed by atoms with E-state index in [0.717, 1.165) is 27.8 Å². The lowest BCUT2D eigenvalue weighted by Gasteiger charge is -2.48. The van der Waals surface area contributed by atoms with Crippen molar-refractivity contribution in [3.63, 3.8) is 0 Å². The summed E-state index contributed by atoms with van der Waals surface area (Å²) in [5.74, 6) is 0. The van der Waals surface area contributed by atoms with Crippen LogP contribution in [0, 0.1) is 0 Å². The van der Waals surface area contributed by atoms with E-state index in [1.807, 2.05) is 152 Å². The molecule has 1 unspecified atom stereocenters. The number of benzene rings is 5. The number of hydrogen-bond acceptors (Lipinski definition) is 7. The smallest absolute Gasteiger partial charge is 0.162 e. The molecule has 0 saturated carbocycles. The first-order chi connectivity index (χ1) is 23.7. The Bertz CT molecular complexity index is 1590. The Labute approximate surface area is 283 Å². The summed E-state index contributed by atoms with van der Waals surface area (Å²) >= 11 is 0. The fraction of sp³-hybridized carbons (Fsp3) is 0.268. The molecule has 0 spiro atoms. The first-order valence-corrected chi connectivity index (χ1v) is 16.5. The van der Waals surface area contributed by atoms with Crippen LogP contribution in [0.1, 0.15) is 27.8 Å². The maximum atomic E-state index is 11.7. The molecule has 248 valence electrons. The zero-order valence-electron chi connectivity index (χ0n) is 27.0. The van der Waals surface area contributed by atoms with Crippen LogP contribution in [0.3, 0.4) is 0 Å². The van der Waals surface area contributed by atoms with Gasteiger partial charge in [0.25, 0.3) is 0 Å². The van der Waals surface area contributed by atoms with Crippen molar-refractivity contribution in [1.29, 1.82) is 0 Å². The third-order valence-corrected chi connectivity index (χ3v) is 8.34. The average Bonchev–Trinajstić information content (AvgIpc) is 3.14. The van der Waals surface area contributed by atoms with E-state index in [1.165, 1.54) is 5.06 Å². The molecule has 0 bridgehead atoms. The van der Waals surface area contributed by atoms with E-state index in [2.05, 4.69) is 0 Å². The van der Waals surface area contributed by atoms with Gasteiger partial charge in [-0.15, -0.1) is 0 Å². The second-order valence-corrected chi connectivity index (χ2v) is 11.9. The quantitative estimate of drug-likeness (QED) is 0.111. The summed E-state index contributed by atoms with van der Waals surface area (Å²) in [7, 11) is 0. The molecule has 1 aliphatic heterocycles. The van der Waals surface area contributed by atoms with Crippen molar-refractivity contribution in [1.82, 2.24) is 5.06 Å². The van der Waals surface area contributed by atoms with Crippen LogP contribution in [-0.4, -0.2) is 47.5 Å². The molecule has 1 saturated heterocycles.